The summed E-state index contributed by atoms with van der Waals surface area (Å²) in [7, 11) is 1.85. The van der Waals surface area contributed by atoms with E-state index in [2.05, 4.69) is 15.3 Å². The summed E-state index contributed by atoms with van der Waals surface area (Å²) >= 11 is 0. The van der Waals surface area contributed by atoms with Gasteiger partial charge in [0, 0.05) is 25.7 Å². The van der Waals surface area contributed by atoms with Crippen LogP contribution in [0.1, 0.15) is 35.6 Å². The van der Waals surface area contributed by atoms with Crippen molar-refractivity contribution in [3.05, 3.63) is 48.3 Å². The Morgan fingerprint density at radius 1 is 1.48 bits per heavy atom. The van der Waals surface area contributed by atoms with Crippen LogP contribution in [0.2, 0.25) is 0 Å². The van der Waals surface area contributed by atoms with E-state index in [1.54, 1.807) is 29.1 Å². The number of fused-ring (bicyclic) bond motifs is 1. The van der Waals surface area contributed by atoms with Crippen LogP contribution in [0.4, 0.5) is 0 Å². The maximum Gasteiger partial charge on any atom is 0.253 e. The van der Waals surface area contributed by atoms with Gasteiger partial charge in [0.25, 0.3) is 5.91 Å². The fraction of sp³-hybridized carbons (Fsp3) is 0.312. The molecule has 0 bridgehead atoms. The number of nitrogens with zero attached hydrogens (tertiary/aromatic N) is 3. The lowest BCUT2D eigenvalue weighted by molar-refractivity contribution is 0.0903. The van der Waals surface area contributed by atoms with Crippen LogP contribution in [0.25, 0.3) is 11.2 Å². The summed E-state index contributed by atoms with van der Waals surface area (Å²) in [6.07, 6.45) is 4.29. The minimum atomic E-state index is -0.753. The lowest BCUT2D eigenvalue weighted by Gasteiger charge is -2.16. The molecule has 2 unspecified atom stereocenters. The van der Waals surface area contributed by atoms with Gasteiger partial charge in [-0.3, -0.25) is 4.79 Å². The monoisotopic (exact) mass is 314 g/mol. The summed E-state index contributed by atoms with van der Waals surface area (Å²) in [5, 5.41) is 12.9. The molecule has 0 aliphatic carbocycles. The molecule has 3 rings (SSSR count). The van der Waals surface area contributed by atoms with Gasteiger partial charge in [0.05, 0.1) is 18.2 Å². The molecule has 0 aliphatic rings. The second-order valence-electron chi connectivity index (χ2n) is 5.56. The first-order chi connectivity index (χ1) is 11.0. The van der Waals surface area contributed by atoms with Gasteiger partial charge < -0.3 is 19.4 Å². The highest BCUT2D eigenvalue weighted by Crippen LogP contribution is 2.18. The predicted molar refractivity (Wildman–Crippen MR) is 83.7 cm³/mol. The number of aliphatic hydroxyl groups is 1. The van der Waals surface area contributed by atoms with Gasteiger partial charge in [-0.25, -0.2) is 9.97 Å². The molecule has 23 heavy (non-hydrogen) atoms. The largest absolute Gasteiger partial charge is 0.467 e. The zero-order valence-electron chi connectivity index (χ0n) is 12.9. The van der Waals surface area contributed by atoms with Crippen LogP contribution in [-0.4, -0.2) is 31.6 Å². The zero-order chi connectivity index (χ0) is 16.4. The highest BCUT2D eigenvalue weighted by molar-refractivity contribution is 5.96. The van der Waals surface area contributed by atoms with E-state index in [1.165, 1.54) is 12.5 Å². The summed E-state index contributed by atoms with van der Waals surface area (Å²) in [4.78, 5) is 20.7. The van der Waals surface area contributed by atoms with Crippen LogP contribution >= 0.6 is 0 Å². The second-order valence-corrected chi connectivity index (χ2v) is 5.56. The molecule has 2 N–H and O–H groups in total. The third kappa shape index (κ3) is 3.24. The molecule has 0 saturated heterocycles. The zero-order valence-corrected chi connectivity index (χ0v) is 12.9. The van der Waals surface area contributed by atoms with Gasteiger partial charge in [0.2, 0.25) is 0 Å². The van der Waals surface area contributed by atoms with Crippen molar-refractivity contribution in [2.45, 2.75) is 25.5 Å². The van der Waals surface area contributed by atoms with Crippen molar-refractivity contribution in [1.29, 1.82) is 0 Å². The van der Waals surface area contributed by atoms with Crippen LogP contribution in [0.5, 0.6) is 0 Å². The van der Waals surface area contributed by atoms with Crippen LogP contribution in [0, 0.1) is 0 Å². The number of aromatic nitrogens is 3. The molecule has 1 amide bonds. The second kappa shape index (κ2) is 6.21. The lowest BCUT2D eigenvalue weighted by Crippen LogP contribution is -2.33. The van der Waals surface area contributed by atoms with E-state index in [0.29, 0.717) is 23.3 Å². The quantitative estimate of drug-likeness (QED) is 0.749. The lowest BCUT2D eigenvalue weighted by atomic mass is 10.1. The van der Waals surface area contributed by atoms with E-state index in [0.717, 1.165) is 5.65 Å². The maximum absolute atomic E-state index is 12.3. The van der Waals surface area contributed by atoms with Gasteiger partial charge in [0.1, 0.15) is 17.4 Å². The molecular formula is C16H18N4O3. The molecule has 0 aromatic carbocycles. The van der Waals surface area contributed by atoms with Crippen molar-refractivity contribution in [3.8, 4) is 0 Å². The summed E-state index contributed by atoms with van der Waals surface area (Å²) in [6.45, 7) is 1.83. The molecular weight excluding hydrogens is 296 g/mol. The molecule has 3 aromatic heterocycles. The van der Waals surface area contributed by atoms with Gasteiger partial charge in [-0.2, -0.15) is 0 Å². The van der Waals surface area contributed by atoms with Crippen molar-refractivity contribution in [2.24, 2.45) is 7.05 Å². The Balaban J connectivity index is 1.65. The molecule has 3 heterocycles. The molecule has 7 nitrogen and oxygen atoms in total. The first kappa shape index (κ1) is 15.2. The number of imidazole rings is 1. The summed E-state index contributed by atoms with van der Waals surface area (Å²) < 4.78 is 6.94. The molecule has 3 aromatic rings. The Hall–Kier alpha value is -2.67. The van der Waals surface area contributed by atoms with E-state index >= 15 is 0 Å². The van der Waals surface area contributed by atoms with Crippen molar-refractivity contribution < 1.29 is 14.3 Å². The third-order valence-corrected chi connectivity index (χ3v) is 3.64. The Morgan fingerprint density at radius 2 is 2.30 bits per heavy atom. The van der Waals surface area contributed by atoms with E-state index in [9.17, 15) is 9.90 Å². The number of carbonyl (C=O) groups is 1. The average Bonchev–Trinajstić information content (AvgIpc) is 3.17. The standard InChI is InChI=1S/C16H18N4O3/c1-10(6-13(21)14-4-3-5-23-14)19-16(22)11-7-12-15(17-8-11)20(2)9-18-12/h3-5,7-10,13,21H,6H2,1-2H3,(H,19,22). The molecule has 2 atom stereocenters. The van der Waals surface area contributed by atoms with E-state index in [4.69, 9.17) is 4.42 Å². The fourth-order valence-corrected chi connectivity index (χ4v) is 2.44. The number of aliphatic hydroxyl groups excluding tert-OH is 1. The molecule has 0 aliphatic heterocycles. The average molecular weight is 314 g/mol. The van der Waals surface area contributed by atoms with Crippen LogP contribution in [0.3, 0.4) is 0 Å². The summed E-state index contributed by atoms with van der Waals surface area (Å²) in [5.74, 6) is 0.242. The Bertz CT molecular complexity index is 810. The summed E-state index contributed by atoms with van der Waals surface area (Å²) in [5.41, 5.74) is 1.84. The molecule has 7 heteroatoms. The van der Waals surface area contributed by atoms with Gasteiger partial charge in [0.15, 0.2) is 5.65 Å². The number of amides is 1. The number of aryl methyl sites for hydroxylation is 1. The molecule has 0 saturated carbocycles. The highest BCUT2D eigenvalue weighted by Gasteiger charge is 2.17. The van der Waals surface area contributed by atoms with Crippen LogP contribution in [-0.2, 0) is 7.05 Å². The number of nitrogens with one attached hydrogen (secondary N) is 1. The fourth-order valence-electron chi connectivity index (χ4n) is 2.44. The van der Waals surface area contributed by atoms with E-state index < -0.39 is 6.10 Å². The third-order valence-electron chi connectivity index (χ3n) is 3.64. The van der Waals surface area contributed by atoms with Gasteiger partial charge in [-0.05, 0) is 25.1 Å². The van der Waals surface area contributed by atoms with Gasteiger partial charge >= 0.3 is 0 Å². The molecule has 0 radical (unpaired) electrons. The Labute approximate surface area is 133 Å². The van der Waals surface area contributed by atoms with Crippen molar-refractivity contribution in [1.82, 2.24) is 19.9 Å². The normalized spacial score (nSPS) is 13.9. The molecule has 0 spiro atoms. The number of carbonyl (C=O) groups excluding carboxylic acids is 1. The first-order valence-corrected chi connectivity index (χ1v) is 7.34. The minimum Gasteiger partial charge on any atom is -0.467 e. The number of hydrogen-bond donors (Lipinski definition) is 2. The van der Waals surface area contributed by atoms with Gasteiger partial charge in [-0.15, -0.1) is 0 Å². The number of furan rings is 1. The first-order valence-electron chi connectivity index (χ1n) is 7.34. The van der Waals surface area contributed by atoms with Crippen LogP contribution < -0.4 is 5.32 Å². The highest BCUT2D eigenvalue weighted by atomic mass is 16.4. The van der Waals surface area contributed by atoms with Crippen LogP contribution in [0.15, 0.2) is 41.4 Å². The Morgan fingerprint density at radius 3 is 3.04 bits per heavy atom. The topological polar surface area (TPSA) is 93.2 Å². The summed E-state index contributed by atoms with van der Waals surface area (Å²) in [6, 6.07) is 4.91. The molecule has 0 fully saturated rings. The van der Waals surface area contributed by atoms with Crippen molar-refractivity contribution in [2.75, 3.05) is 0 Å². The number of pyridine rings is 1. The predicted octanol–water partition coefficient (Wildman–Crippen LogP) is 1.80. The van der Waals surface area contributed by atoms with Crippen molar-refractivity contribution in [3.63, 3.8) is 0 Å². The minimum absolute atomic E-state index is 0.220. The van der Waals surface area contributed by atoms with E-state index in [1.807, 2.05) is 14.0 Å². The van der Waals surface area contributed by atoms with Crippen molar-refractivity contribution >= 4 is 17.1 Å². The SMILES string of the molecule is CC(CC(O)c1ccco1)NC(=O)c1cnc2c(c1)ncn2C. The Kier molecular flexibility index (Phi) is 4.12. The smallest absolute Gasteiger partial charge is 0.253 e. The van der Waals surface area contributed by atoms with E-state index in [-0.39, 0.29) is 11.9 Å². The maximum atomic E-state index is 12.3. The number of rotatable bonds is 5. The van der Waals surface area contributed by atoms with Gasteiger partial charge in [-0.1, -0.05) is 0 Å². The molecule has 120 valence electrons. The number of hydrogen-bond acceptors (Lipinski definition) is 5.